The van der Waals surface area contributed by atoms with Crippen LogP contribution in [0.15, 0.2) is 84.0 Å². The lowest BCUT2D eigenvalue weighted by molar-refractivity contribution is -0.137. The molecule has 0 saturated heterocycles. The molecule has 0 spiro atoms. The molecule has 1 N–H and O–H groups in total. The zero-order valence-electron chi connectivity index (χ0n) is 19.0. The molecule has 1 amide bonds. The molecule has 184 valence electrons. The summed E-state index contributed by atoms with van der Waals surface area (Å²) in [6, 6.07) is 21.7. The van der Waals surface area contributed by atoms with E-state index < -0.39 is 17.6 Å². The number of fused-ring (bicyclic) bond motifs is 1. The van der Waals surface area contributed by atoms with Crippen LogP contribution in [0.5, 0.6) is 11.5 Å². The second-order valence-electron chi connectivity index (χ2n) is 7.74. The van der Waals surface area contributed by atoms with Crippen LogP contribution in [-0.4, -0.2) is 19.2 Å². The number of amides is 1. The van der Waals surface area contributed by atoms with E-state index in [4.69, 9.17) is 9.47 Å². The second-order valence-corrected chi connectivity index (χ2v) is 8.90. The summed E-state index contributed by atoms with van der Waals surface area (Å²) in [7, 11) is 1.52. The van der Waals surface area contributed by atoms with Crippen LogP contribution in [0.25, 0.3) is 10.8 Å². The molecule has 0 bridgehead atoms. The molecule has 4 aromatic rings. The van der Waals surface area contributed by atoms with Crippen LogP contribution in [0.2, 0.25) is 0 Å². The lowest BCUT2D eigenvalue weighted by Gasteiger charge is -2.14. The normalized spacial score (nSPS) is 11.6. The van der Waals surface area contributed by atoms with E-state index in [1.807, 2.05) is 42.5 Å². The third-order valence-corrected chi connectivity index (χ3v) is 6.14. The third-order valence-electron chi connectivity index (χ3n) is 5.34. The molecule has 0 aliphatic heterocycles. The fourth-order valence-corrected chi connectivity index (χ4v) is 4.37. The van der Waals surface area contributed by atoms with Gasteiger partial charge in [-0.15, -0.1) is 0 Å². The Labute approximate surface area is 219 Å². The molecule has 0 fully saturated rings. The number of benzene rings is 4. The van der Waals surface area contributed by atoms with Crippen molar-refractivity contribution in [2.75, 3.05) is 7.11 Å². The molecule has 36 heavy (non-hydrogen) atoms. The molecule has 0 aliphatic rings. The van der Waals surface area contributed by atoms with Crippen molar-refractivity contribution >= 4 is 45.5 Å². The van der Waals surface area contributed by atoms with E-state index in [2.05, 4.69) is 33.1 Å². The molecular formula is C27H20F3IN2O3. The summed E-state index contributed by atoms with van der Waals surface area (Å²) in [5.41, 5.74) is 2.84. The minimum Gasteiger partial charge on any atom is -0.493 e. The molecule has 0 unspecified atom stereocenters. The van der Waals surface area contributed by atoms with Crippen LogP contribution in [0.4, 0.5) is 13.2 Å². The predicted octanol–water partition coefficient (Wildman–Crippen LogP) is 6.81. The first-order valence-corrected chi connectivity index (χ1v) is 11.8. The van der Waals surface area contributed by atoms with Gasteiger partial charge in [-0.2, -0.15) is 18.3 Å². The summed E-state index contributed by atoms with van der Waals surface area (Å²) >= 11 is 2.12. The lowest BCUT2D eigenvalue weighted by Crippen LogP contribution is -2.18. The Hall–Kier alpha value is -3.60. The topological polar surface area (TPSA) is 59.9 Å². The van der Waals surface area contributed by atoms with Crippen molar-refractivity contribution in [1.29, 1.82) is 0 Å². The van der Waals surface area contributed by atoms with Crippen molar-refractivity contribution in [2.24, 2.45) is 5.10 Å². The number of halogens is 4. The predicted molar refractivity (Wildman–Crippen MR) is 140 cm³/mol. The van der Waals surface area contributed by atoms with Crippen molar-refractivity contribution < 1.29 is 27.4 Å². The van der Waals surface area contributed by atoms with Gasteiger partial charge in [-0.1, -0.05) is 48.5 Å². The van der Waals surface area contributed by atoms with Crippen molar-refractivity contribution in [2.45, 2.75) is 12.8 Å². The largest absolute Gasteiger partial charge is 0.493 e. The highest BCUT2D eigenvalue weighted by atomic mass is 127. The zero-order chi connectivity index (χ0) is 25.7. The van der Waals surface area contributed by atoms with Crippen LogP contribution in [0.1, 0.15) is 27.0 Å². The van der Waals surface area contributed by atoms with Crippen LogP contribution in [0.3, 0.4) is 0 Å². The number of nitrogens with one attached hydrogen (secondary N) is 1. The first kappa shape index (κ1) is 25.5. The van der Waals surface area contributed by atoms with Crippen molar-refractivity contribution in [3.8, 4) is 11.5 Å². The number of hydrogen-bond acceptors (Lipinski definition) is 4. The summed E-state index contributed by atoms with van der Waals surface area (Å²) in [6.45, 7) is 0.341. The van der Waals surface area contributed by atoms with Gasteiger partial charge in [0, 0.05) is 5.56 Å². The van der Waals surface area contributed by atoms with Crippen LogP contribution >= 0.6 is 22.6 Å². The molecule has 4 aromatic carbocycles. The molecule has 9 heteroatoms. The van der Waals surface area contributed by atoms with Gasteiger partial charge in [0.25, 0.3) is 5.91 Å². The van der Waals surface area contributed by atoms with Crippen LogP contribution in [0, 0.1) is 3.57 Å². The smallest absolute Gasteiger partial charge is 0.416 e. The number of ether oxygens (including phenoxy) is 2. The lowest BCUT2D eigenvalue weighted by atomic mass is 10.1. The average Bonchev–Trinajstić information content (AvgIpc) is 2.87. The summed E-state index contributed by atoms with van der Waals surface area (Å²) in [5.74, 6) is 0.290. The minimum absolute atomic E-state index is 0.147. The van der Waals surface area contributed by atoms with Crippen LogP contribution < -0.4 is 14.9 Å². The molecule has 0 saturated carbocycles. The number of nitrogens with zero attached hydrogens (tertiary/aromatic N) is 1. The van der Waals surface area contributed by atoms with Gasteiger partial charge in [0.05, 0.1) is 22.5 Å². The van der Waals surface area contributed by atoms with E-state index in [0.29, 0.717) is 23.7 Å². The van der Waals surface area contributed by atoms with Crippen LogP contribution in [-0.2, 0) is 12.8 Å². The quantitative estimate of drug-likeness (QED) is 0.143. The Bertz CT molecular complexity index is 1430. The standard InChI is InChI=1S/C27H20F3IN2O3/c1-35-24-13-17(15-32-33-26(34)19-8-5-10-21(14-19)27(28,29)30)12-23(31)25(24)36-16-20-9-4-7-18-6-2-3-11-22(18)20/h2-15H,16H2,1H3,(H,33,34)/b32-15-. The van der Waals surface area contributed by atoms with E-state index in [0.717, 1.165) is 32.0 Å². The Balaban J connectivity index is 1.47. The molecule has 0 aromatic heterocycles. The highest BCUT2D eigenvalue weighted by Gasteiger charge is 2.30. The van der Waals surface area contributed by atoms with Gasteiger partial charge >= 0.3 is 6.18 Å². The zero-order valence-corrected chi connectivity index (χ0v) is 21.1. The van der Waals surface area contributed by atoms with E-state index in [-0.39, 0.29) is 5.56 Å². The third kappa shape index (κ3) is 5.96. The molecule has 5 nitrogen and oxygen atoms in total. The van der Waals surface area contributed by atoms with Crippen molar-refractivity contribution in [3.05, 3.63) is 105 Å². The van der Waals surface area contributed by atoms with Gasteiger partial charge in [0.15, 0.2) is 11.5 Å². The van der Waals surface area contributed by atoms with Crippen molar-refractivity contribution in [3.63, 3.8) is 0 Å². The maximum Gasteiger partial charge on any atom is 0.416 e. The molecule has 0 atom stereocenters. The summed E-state index contributed by atoms with van der Waals surface area (Å²) < 4.78 is 51.0. The number of hydrogen-bond donors (Lipinski definition) is 1. The SMILES string of the molecule is COc1cc(/C=N\NC(=O)c2cccc(C(F)(F)F)c2)cc(I)c1OCc1cccc2ccccc12. The fraction of sp³-hybridized carbons (Fsp3) is 0.111. The number of rotatable bonds is 7. The van der Waals surface area contributed by atoms with Gasteiger partial charge in [-0.25, -0.2) is 5.43 Å². The van der Waals surface area contributed by atoms with Gasteiger partial charge < -0.3 is 9.47 Å². The summed E-state index contributed by atoms with van der Waals surface area (Å²) in [4.78, 5) is 12.2. The first-order valence-electron chi connectivity index (χ1n) is 10.7. The fourth-order valence-electron chi connectivity index (χ4n) is 3.59. The number of methoxy groups -OCH3 is 1. The Morgan fingerprint density at radius 2 is 1.78 bits per heavy atom. The summed E-state index contributed by atoms with van der Waals surface area (Å²) in [5, 5.41) is 6.11. The number of carbonyl (C=O) groups excluding carboxylic acids is 1. The molecule has 4 rings (SSSR count). The van der Waals surface area contributed by atoms with E-state index in [1.54, 1.807) is 12.1 Å². The first-order chi connectivity index (χ1) is 17.3. The Morgan fingerprint density at radius 3 is 2.56 bits per heavy atom. The number of alkyl halides is 3. The van der Waals surface area contributed by atoms with Gasteiger partial charge in [-0.05, 0) is 74.8 Å². The summed E-state index contributed by atoms with van der Waals surface area (Å²) in [6.07, 6.45) is -3.16. The molecule has 0 radical (unpaired) electrons. The maximum atomic E-state index is 12.9. The monoisotopic (exact) mass is 604 g/mol. The Morgan fingerprint density at radius 1 is 1.03 bits per heavy atom. The van der Waals surface area contributed by atoms with Gasteiger partial charge in [-0.3, -0.25) is 4.79 Å². The highest BCUT2D eigenvalue weighted by Crippen LogP contribution is 2.35. The average molecular weight is 604 g/mol. The van der Waals surface area contributed by atoms with Gasteiger partial charge in [0.1, 0.15) is 6.61 Å². The van der Waals surface area contributed by atoms with E-state index in [9.17, 15) is 18.0 Å². The number of carbonyl (C=O) groups is 1. The van der Waals surface area contributed by atoms with E-state index in [1.165, 1.54) is 25.5 Å². The molecule has 0 heterocycles. The van der Waals surface area contributed by atoms with E-state index >= 15 is 0 Å². The minimum atomic E-state index is -4.54. The molecule has 0 aliphatic carbocycles. The second kappa shape index (κ2) is 11.0. The maximum absolute atomic E-state index is 12.9. The Kier molecular flexibility index (Phi) is 7.78. The molecular weight excluding hydrogens is 584 g/mol. The highest BCUT2D eigenvalue weighted by molar-refractivity contribution is 14.1. The number of hydrazone groups is 1. The van der Waals surface area contributed by atoms with Crippen molar-refractivity contribution in [1.82, 2.24) is 5.43 Å². The van der Waals surface area contributed by atoms with Gasteiger partial charge in [0.2, 0.25) is 0 Å².